The van der Waals surface area contributed by atoms with Crippen molar-refractivity contribution in [2.45, 2.75) is 17.4 Å². The van der Waals surface area contributed by atoms with Crippen LogP contribution in [0.1, 0.15) is 18.0 Å². The van der Waals surface area contributed by atoms with Crippen molar-refractivity contribution in [2.75, 3.05) is 11.1 Å². The summed E-state index contributed by atoms with van der Waals surface area (Å²) in [7, 11) is 0. The van der Waals surface area contributed by atoms with Crippen LogP contribution in [0.4, 0.5) is 15.8 Å². The van der Waals surface area contributed by atoms with Crippen LogP contribution in [-0.4, -0.2) is 20.5 Å². The van der Waals surface area contributed by atoms with Gasteiger partial charge in [-0.15, -0.1) is 11.8 Å². The fourth-order valence-corrected chi connectivity index (χ4v) is 4.48. The molecule has 1 aromatic heterocycles. The number of hydrogen-bond acceptors (Lipinski definition) is 6. The molecule has 4 rings (SSSR count). The summed E-state index contributed by atoms with van der Waals surface area (Å²) in [5, 5.41) is 18.0. The average molecular weight is 433 g/mol. The maximum Gasteiger partial charge on any atom is 0.292 e. The Kier molecular flexibility index (Phi) is 5.25. The summed E-state index contributed by atoms with van der Waals surface area (Å²) in [5.41, 5.74) is 0.872. The molecule has 0 amide bonds. The second-order valence-corrected chi connectivity index (χ2v) is 7.84. The van der Waals surface area contributed by atoms with E-state index in [1.54, 1.807) is 6.07 Å². The molecule has 1 N–H and O–H groups in total. The molecule has 0 saturated carbocycles. The second kappa shape index (κ2) is 7.84. The fraction of sp³-hybridized carbons (Fsp3) is 0.158. The van der Waals surface area contributed by atoms with Gasteiger partial charge in [0.05, 0.1) is 28.5 Å². The lowest BCUT2D eigenvalue weighted by atomic mass is 10.0. The quantitative estimate of drug-likeness (QED) is 0.479. The Morgan fingerprint density at radius 2 is 2.03 bits per heavy atom. The molecular formula is C19H14ClFN4O3S. The van der Waals surface area contributed by atoms with Crippen LogP contribution < -0.4 is 10.9 Å². The van der Waals surface area contributed by atoms with Crippen molar-refractivity contribution in [2.24, 2.45) is 0 Å². The van der Waals surface area contributed by atoms with Gasteiger partial charge in [0.1, 0.15) is 10.8 Å². The monoisotopic (exact) mass is 432 g/mol. The molecule has 1 aliphatic heterocycles. The van der Waals surface area contributed by atoms with Crippen LogP contribution in [0.15, 0.2) is 58.4 Å². The van der Waals surface area contributed by atoms with E-state index in [9.17, 15) is 19.3 Å². The van der Waals surface area contributed by atoms with Gasteiger partial charge in [0.25, 0.3) is 11.2 Å². The molecule has 1 unspecified atom stereocenters. The van der Waals surface area contributed by atoms with Crippen molar-refractivity contribution in [1.29, 1.82) is 0 Å². The SMILES string of the molecule is O=c1c(Cl)c(NC2CCSc3c(F)cccc32)cnn1-c1ccc([N+](=O)[O-])cc1. The molecule has 1 aliphatic rings. The average Bonchev–Trinajstić information content (AvgIpc) is 2.72. The van der Waals surface area contributed by atoms with E-state index in [4.69, 9.17) is 11.6 Å². The van der Waals surface area contributed by atoms with Gasteiger partial charge in [0.2, 0.25) is 0 Å². The van der Waals surface area contributed by atoms with E-state index in [1.165, 1.54) is 48.3 Å². The predicted octanol–water partition coefficient (Wildman–Crippen LogP) is 4.58. The summed E-state index contributed by atoms with van der Waals surface area (Å²) in [6, 6.07) is 10.1. The van der Waals surface area contributed by atoms with Gasteiger partial charge in [-0.3, -0.25) is 14.9 Å². The van der Waals surface area contributed by atoms with Crippen molar-refractivity contribution in [3.63, 3.8) is 0 Å². The number of thioether (sulfide) groups is 1. The number of rotatable bonds is 4. The normalized spacial score (nSPS) is 15.6. The van der Waals surface area contributed by atoms with Crippen molar-refractivity contribution in [3.05, 3.63) is 85.5 Å². The molecule has 0 radical (unpaired) electrons. The standard InChI is InChI=1S/C19H14ClFN4O3S/c20-17-16(23-15-8-9-29-18-13(15)2-1-3-14(18)21)10-22-24(19(17)26)11-4-6-12(7-5-11)25(27)28/h1-7,10,15,23H,8-9H2. The topological polar surface area (TPSA) is 90.1 Å². The largest absolute Gasteiger partial charge is 0.375 e. The number of nitro groups is 1. The molecule has 0 bridgehead atoms. The number of fused-ring (bicyclic) bond motifs is 1. The molecule has 0 saturated heterocycles. The summed E-state index contributed by atoms with van der Waals surface area (Å²) in [4.78, 5) is 23.5. The second-order valence-electron chi connectivity index (χ2n) is 6.35. The van der Waals surface area contributed by atoms with E-state index in [-0.39, 0.29) is 22.6 Å². The van der Waals surface area contributed by atoms with E-state index < -0.39 is 10.5 Å². The highest BCUT2D eigenvalue weighted by Gasteiger charge is 2.24. The Labute approximate surface area is 173 Å². The molecule has 3 aromatic rings. The number of benzene rings is 2. The highest BCUT2D eigenvalue weighted by atomic mass is 35.5. The Hall–Kier alpha value is -2.91. The van der Waals surface area contributed by atoms with Crippen molar-refractivity contribution < 1.29 is 9.31 Å². The van der Waals surface area contributed by atoms with Crippen molar-refractivity contribution in [1.82, 2.24) is 9.78 Å². The van der Waals surface area contributed by atoms with Crippen LogP contribution in [0.2, 0.25) is 5.02 Å². The van der Waals surface area contributed by atoms with Crippen LogP contribution in [0, 0.1) is 15.9 Å². The van der Waals surface area contributed by atoms with Gasteiger partial charge in [-0.05, 0) is 30.2 Å². The molecule has 7 nitrogen and oxygen atoms in total. The van der Waals surface area contributed by atoms with Crippen molar-refractivity contribution >= 4 is 34.7 Å². The highest BCUT2D eigenvalue weighted by molar-refractivity contribution is 7.99. The first-order valence-electron chi connectivity index (χ1n) is 8.66. The Bertz CT molecular complexity index is 1150. The van der Waals surface area contributed by atoms with Gasteiger partial charge < -0.3 is 5.32 Å². The zero-order valence-electron chi connectivity index (χ0n) is 14.8. The number of anilines is 1. The minimum absolute atomic E-state index is 0.0606. The van der Waals surface area contributed by atoms with E-state index in [2.05, 4.69) is 10.4 Å². The number of non-ortho nitro benzene ring substituents is 1. The van der Waals surface area contributed by atoms with E-state index in [0.29, 0.717) is 16.3 Å². The predicted molar refractivity (Wildman–Crippen MR) is 110 cm³/mol. The van der Waals surface area contributed by atoms with Gasteiger partial charge in [-0.2, -0.15) is 9.78 Å². The smallest absolute Gasteiger partial charge is 0.292 e. The maximum absolute atomic E-state index is 14.1. The number of hydrogen-bond donors (Lipinski definition) is 1. The summed E-state index contributed by atoms with van der Waals surface area (Å²) in [6.45, 7) is 0. The Morgan fingerprint density at radius 1 is 1.28 bits per heavy atom. The summed E-state index contributed by atoms with van der Waals surface area (Å²) < 4.78 is 15.1. The zero-order valence-corrected chi connectivity index (χ0v) is 16.4. The molecule has 148 valence electrons. The molecule has 29 heavy (non-hydrogen) atoms. The highest BCUT2D eigenvalue weighted by Crippen LogP contribution is 2.39. The molecule has 1 atom stereocenters. The molecule has 2 aromatic carbocycles. The lowest BCUT2D eigenvalue weighted by molar-refractivity contribution is -0.384. The third-order valence-electron chi connectivity index (χ3n) is 4.58. The van der Waals surface area contributed by atoms with Gasteiger partial charge in [-0.1, -0.05) is 23.7 Å². The van der Waals surface area contributed by atoms with E-state index in [0.717, 1.165) is 22.4 Å². The third-order valence-corrected chi connectivity index (χ3v) is 6.10. The Balaban J connectivity index is 1.65. The molecule has 10 heteroatoms. The van der Waals surface area contributed by atoms with Gasteiger partial charge in [0.15, 0.2) is 0 Å². The summed E-state index contributed by atoms with van der Waals surface area (Å²) in [6.07, 6.45) is 2.16. The van der Waals surface area contributed by atoms with Crippen LogP contribution in [-0.2, 0) is 0 Å². The minimum Gasteiger partial charge on any atom is -0.375 e. The molecule has 0 fully saturated rings. The van der Waals surface area contributed by atoms with Gasteiger partial charge in [-0.25, -0.2) is 4.39 Å². The molecule has 2 heterocycles. The molecule has 0 aliphatic carbocycles. The lowest BCUT2D eigenvalue weighted by Gasteiger charge is -2.27. The lowest BCUT2D eigenvalue weighted by Crippen LogP contribution is -2.24. The van der Waals surface area contributed by atoms with Crippen LogP contribution in [0.25, 0.3) is 5.69 Å². The summed E-state index contributed by atoms with van der Waals surface area (Å²) in [5.74, 6) is 0.466. The fourth-order valence-electron chi connectivity index (χ4n) is 3.16. The van der Waals surface area contributed by atoms with E-state index in [1.807, 2.05) is 6.07 Å². The number of nitro benzene ring substituents is 1. The minimum atomic E-state index is -0.560. The van der Waals surface area contributed by atoms with E-state index >= 15 is 0 Å². The third kappa shape index (κ3) is 3.70. The zero-order chi connectivity index (χ0) is 20.5. The van der Waals surface area contributed by atoms with Crippen molar-refractivity contribution in [3.8, 4) is 5.69 Å². The first kappa shape index (κ1) is 19.4. The summed E-state index contributed by atoms with van der Waals surface area (Å²) >= 11 is 7.75. The number of nitrogens with zero attached hydrogens (tertiary/aromatic N) is 3. The first-order valence-corrected chi connectivity index (χ1v) is 10.0. The number of nitrogens with one attached hydrogen (secondary N) is 1. The maximum atomic E-state index is 14.1. The van der Waals surface area contributed by atoms with Gasteiger partial charge >= 0.3 is 0 Å². The molecular weight excluding hydrogens is 419 g/mol. The van der Waals surface area contributed by atoms with Gasteiger partial charge in [0, 0.05) is 22.8 Å². The van der Waals surface area contributed by atoms with Crippen LogP contribution in [0.5, 0.6) is 0 Å². The molecule has 0 spiro atoms. The number of halogens is 2. The number of aromatic nitrogens is 2. The Morgan fingerprint density at radius 3 is 2.76 bits per heavy atom. The first-order chi connectivity index (χ1) is 14.0. The van der Waals surface area contributed by atoms with Crippen LogP contribution >= 0.6 is 23.4 Å². The van der Waals surface area contributed by atoms with Crippen LogP contribution in [0.3, 0.4) is 0 Å².